The lowest BCUT2D eigenvalue weighted by Gasteiger charge is -2.17. The Morgan fingerprint density at radius 1 is 1.00 bits per heavy atom. The van der Waals surface area contributed by atoms with Crippen molar-refractivity contribution in [1.82, 2.24) is 15.0 Å². The van der Waals surface area contributed by atoms with Crippen LogP contribution in [0.1, 0.15) is 66.5 Å². The minimum atomic E-state index is 0.371. The molecule has 0 aromatic carbocycles. The second-order valence-electron chi connectivity index (χ2n) is 7.70. The Morgan fingerprint density at radius 2 is 1.61 bits per heavy atom. The van der Waals surface area contributed by atoms with E-state index in [0.29, 0.717) is 10.8 Å². The van der Waals surface area contributed by atoms with E-state index in [1.807, 2.05) is 4.68 Å². The monoisotopic (exact) mass is 251 g/mol. The SMILES string of the molecule is CC(C)(C)CCCn1cc(CCC(C)(C)C)nn1. The van der Waals surface area contributed by atoms with Crippen LogP contribution in [0.25, 0.3) is 0 Å². The first-order valence-electron chi connectivity index (χ1n) is 7.05. The smallest absolute Gasteiger partial charge is 0.0827 e. The molecule has 0 aliphatic heterocycles. The maximum absolute atomic E-state index is 4.25. The highest BCUT2D eigenvalue weighted by atomic mass is 15.4. The number of rotatable bonds is 5. The molecule has 1 rings (SSSR count). The van der Waals surface area contributed by atoms with Gasteiger partial charge in [0.05, 0.1) is 5.69 Å². The third kappa shape index (κ3) is 6.77. The summed E-state index contributed by atoms with van der Waals surface area (Å²) in [7, 11) is 0. The van der Waals surface area contributed by atoms with Crippen LogP contribution in [0.15, 0.2) is 6.20 Å². The Hall–Kier alpha value is -0.860. The molecule has 0 saturated heterocycles. The van der Waals surface area contributed by atoms with Gasteiger partial charge in [-0.05, 0) is 36.5 Å². The molecule has 0 N–H and O–H groups in total. The molecule has 104 valence electrons. The quantitative estimate of drug-likeness (QED) is 0.789. The molecule has 0 saturated carbocycles. The summed E-state index contributed by atoms with van der Waals surface area (Å²) < 4.78 is 1.99. The summed E-state index contributed by atoms with van der Waals surface area (Å²) in [6, 6.07) is 0. The van der Waals surface area contributed by atoms with Crippen LogP contribution in [0.4, 0.5) is 0 Å². The average Bonchev–Trinajstić information content (AvgIpc) is 2.60. The number of hydrogen-bond acceptors (Lipinski definition) is 2. The molecule has 1 aromatic rings. The van der Waals surface area contributed by atoms with E-state index in [-0.39, 0.29) is 0 Å². The fraction of sp³-hybridized carbons (Fsp3) is 0.867. The summed E-state index contributed by atoms with van der Waals surface area (Å²) in [5.74, 6) is 0. The van der Waals surface area contributed by atoms with Crippen LogP contribution in [0.5, 0.6) is 0 Å². The number of aromatic nitrogens is 3. The molecule has 3 nitrogen and oxygen atoms in total. The molecule has 0 unspecified atom stereocenters. The summed E-state index contributed by atoms with van der Waals surface area (Å²) >= 11 is 0. The van der Waals surface area contributed by atoms with Gasteiger partial charge >= 0.3 is 0 Å². The molecule has 3 heteroatoms. The van der Waals surface area contributed by atoms with Gasteiger partial charge in [0.25, 0.3) is 0 Å². The van der Waals surface area contributed by atoms with Crippen LogP contribution in [0.2, 0.25) is 0 Å². The van der Waals surface area contributed by atoms with Gasteiger partial charge in [-0.1, -0.05) is 46.8 Å². The summed E-state index contributed by atoms with van der Waals surface area (Å²) in [6.45, 7) is 14.6. The fourth-order valence-corrected chi connectivity index (χ4v) is 1.84. The van der Waals surface area contributed by atoms with Crippen molar-refractivity contribution in [2.75, 3.05) is 0 Å². The standard InChI is InChI=1S/C15H29N3/c1-14(2,3)9-7-11-18-12-13(16-17-18)8-10-15(4,5)6/h12H,7-11H2,1-6H3. The van der Waals surface area contributed by atoms with Crippen molar-refractivity contribution in [2.24, 2.45) is 10.8 Å². The molecule has 0 aliphatic rings. The van der Waals surface area contributed by atoms with E-state index < -0.39 is 0 Å². The van der Waals surface area contributed by atoms with Gasteiger partial charge in [-0.15, -0.1) is 5.10 Å². The maximum Gasteiger partial charge on any atom is 0.0827 e. The lowest BCUT2D eigenvalue weighted by molar-refractivity contribution is 0.347. The van der Waals surface area contributed by atoms with Crippen molar-refractivity contribution in [1.29, 1.82) is 0 Å². The zero-order valence-corrected chi connectivity index (χ0v) is 13.0. The molecule has 0 fully saturated rings. The lowest BCUT2D eigenvalue weighted by Crippen LogP contribution is -2.08. The van der Waals surface area contributed by atoms with E-state index in [0.717, 1.165) is 25.1 Å². The fourth-order valence-electron chi connectivity index (χ4n) is 1.84. The van der Waals surface area contributed by atoms with E-state index in [4.69, 9.17) is 0 Å². The number of nitrogens with zero attached hydrogens (tertiary/aromatic N) is 3. The molecule has 1 heterocycles. The maximum atomic E-state index is 4.25. The van der Waals surface area contributed by atoms with Crippen LogP contribution < -0.4 is 0 Å². The Labute approximate surface area is 112 Å². The molecule has 18 heavy (non-hydrogen) atoms. The van der Waals surface area contributed by atoms with Gasteiger partial charge in [0.15, 0.2) is 0 Å². The highest BCUT2D eigenvalue weighted by molar-refractivity contribution is 4.93. The van der Waals surface area contributed by atoms with E-state index in [9.17, 15) is 0 Å². The summed E-state index contributed by atoms with van der Waals surface area (Å²) in [5, 5.41) is 8.45. The van der Waals surface area contributed by atoms with Gasteiger partial charge in [0, 0.05) is 12.7 Å². The predicted octanol–water partition coefficient (Wildman–Crippen LogP) is 4.08. The first-order valence-corrected chi connectivity index (χ1v) is 7.05. The van der Waals surface area contributed by atoms with Crippen molar-refractivity contribution in [2.45, 2.75) is 73.8 Å². The lowest BCUT2D eigenvalue weighted by atomic mass is 9.90. The van der Waals surface area contributed by atoms with Crippen molar-refractivity contribution in [3.05, 3.63) is 11.9 Å². The van der Waals surface area contributed by atoms with Crippen LogP contribution in [0, 0.1) is 10.8 Å². The zero-order valence-electron chi connectivity index (χ0n) is 13.0. The molecule has 0 radical (unpaired) electrons. The molecule has 0 spiro atoms. The second kappa shape index (κ2) is 5.85. The Morgan fingerprint density at radius 3 is 2.17 bits per heavy atom. The highest BCUT2D eigenvalue weighted by Crippen LogP contribution is 2.22. The van der Waals surface area contributed by atoms with Crippen LogP contribution in [0.3, 0.4) is 0 Å². The topological polar surface area (TPSA) is 30.7 Å². The van der Waals surface area contributed by atoms with Crippen LogP contribution in [-0.4, -0.2) is 15.0 Å². The largest absolute Gasteiger partial charge is 0.252 e. The zero-order chi connectivity index (χ0) is 13.8. The van der Waals surface area contributed by atoms with Crippen molar-refractivity contribution in [3.8, 4) is 0 Å². The van der Waals surface area contributed by atoms with Crippen molar-refractivity contribution >= 4 is 0 Å². The van der Waals surface area contributed by atoms with Gasteiger partial charge < -0.3 is 0 Å². The van der Waals surface area contributed by atoms with Gasteiger partial charge in [-0.2, -0.15) is 0 Å². The average molecular weight is 251 g/mol. The van der Waals surface area contributed by atoms with E-state index >= 15 is 0 Å². The van der Waals surface area contributed by atoms with Gasteiger partial charge in [-0.3, -0.25) is 4.68 Å². The molecule has 0 bridgehead atoms. The number of aryl methyl sites for hydroxylation is 2. The Balaban J connectivity index is 2.35. The number of hydrogen-bond donors (Lipinski definition) is 0. The minimum absolute atomic E-state index is 0.371. The predicted molar refractivity (Wildman–Crippen MR) is 76.5 cm³/mol. The van der Waals surface area contributed by atoms with E-state index in [2.05, 4.69) is 58.1 Å². The minimum Gasteiger partial charge on any atom is -0.252 e. The second-order valence-corrected chi connectivity index (χ2v) is 7.70. The summed E-state index contributed by atoms with van der Waals surface area (Å²) in [6.07, 6.45) is 6.70. The summed E-state index contributed by atoms with van der Waals surface area (Å²) in [4.78, 5) is 0. The van der Waals surface area contributed by atoms with Gasteiger partial charge in [0.1, 0.15) is 0 Å². The van der Waals surface area contributed by atoms with Crippen molar-refractivity contribution in [3.63, 3.8) is 0 Å². The van der Waals surface area contributed by atoms with Gasteiger partial charge in [0.2, 0.25) is 0 Å². The third-order valence-electron chi connectivity index (χ3n) is 3.03. The van der Waals surface area contributed by atoms with E-state index in [1.54, 1.807) is 0 Å². The van der Waals surface area contributed by atoms with Crippen molar-refractivity contribution < 1.29 is 0 Å². The molecule has 0 atom stereocenters. The first-order chi connectivity index (χ1) is 8.16. The molecule has 1 aromatic heterocycles. The first kappa shape index (κ1) is 15.2. The van der Waals surface area contributed by atoms with Crippen LogP contribution in [-0.2, 0) is 13.0 Å². The Kier molecular flexibility index (Phi) is 4.94. The van der Waals surface area contributed by atoms with E-state index in [1.165, 1.54) is 12.8 Å². The molecular formula is C15H29N3. The summed E-state index contributed by atoms with van der Waals surface area (Å²) in [5.41, 5.74) is 1.91. The van der Waals surface area contributed by atoms with Gasteiger partial charge in [-0.25, -0.2) is 0 Å². The highest BCUT2D eigenvalue weighted by Gasteiger charge is 2.12. The Bertz CT molecular complexity index is 353. The third-order valence-corrected chi connectivity index (χ3v) is 3.03. The molecular weight excluding hydrogens is 222 g/mol. The normalized spacial score (nSPS) is 13.0. The van der Waals surface area contributed by atoms with Crippen LogP contribution >= 0.6 is 0 Å². The molecule has 0 amide bonds. The molecule has 0 aliphatic carbocycles.